The molecule has 0 saturated carbocycles. The Morgan fingerprint density at radius 3 is 2.58 bits per heavy atom. The number of hydrogen-bond acceptors (Lipinski definition) is 2. The summed E-state index contributed by atoms with van der Waals surface area (Å²) < 4.78 is 2.06. The number of anilines is 1. The van der Waals surface area contributed by atoms with Crippen molar-refractivity contribution in [3.8, 4) is 0 Å². The lowest BCUT2D eigenvalue weighted by molar-refractivity contribution is 0.102. The summed E-state index contributed by atoms with van der Waals surface area (Å²) in [6.45, 7) is 6.36. The molecule has 4 nitrogen and oxygen atoms in total. The summed E-state index contributed by atoms with van der Waals surface area (Å²) in [5, 5.41) is 3.48. The van der Waals surface area contributed by atoms with Crippen molar-refractivity contribution in [3.63, 3.8) is 0 Å². The summed E-state index contributed by atoms with van der Waals surface area (Å²) >= 11 is 0. The van der Waals surface area contributed by atoms with Crippen LogP contribution >= 0.6 is 0 Å². The van der Waals surface area contributed by atoms with E-state index in [0.717, 1.165) is 11.9 Å². The van der Waals surface area contributed by atoms with Crippen molar-refractivity contribution in [3.05, 3.63) is 75.6 Å². The van der Waals surface area contributed by atoms with Crippen molar-refractivity contribution in [1.82, 2.24) is 4.57 Å². The smallest absolute Gasteiger partial charge is 0.261 e. The highest BCUT2D eigenvalue weighted by Crippen LogP contribution is 2.31. The molecule has 2 heterocycles. The SMILES string of the molecule is CC(C)c1ccc(NC(=O)c2cn3c4c(cccc4c2=O)C[C@@H]3C)cc1. The van der Waals surface area contributed by atoms with Crippen LogP contribution in [-0.2, 0) is 6.42 Å². The first-order chi connectivity index (χ1) is 12.5. The predicted octanol–water partition coefficient (Wildman–Crippen LogP) is 4.49. The minimum Gasteiger partial charge on any atom is -0.343 e. The van der Waals surface area contributed by atoms with E-state index in [0.29, 0.717) is 17.0 Å². The van der Waals surface area contributed by atoms with Crippen LogP contribution in [0.5, 0.6) is 0 Å². The molecule has 0 aliphatic carbocycles. The largest absolute Gasteiger partial charge is 0.343 e. The maximum absolute atomic E-state index is 12.9. The Morgan fingerprint density at radius 2 is 1.88 bits per heavy atom. The number of carbonyl (C=O) groups is 1. The molecule has 1 amide bonds. The third-order valence-electron chi connectivity index (χ3n) is 5.21. The zero-order valence-corrected chi connectivity index (χ0v) is 15.2. The highest BCUT2D eigenvalue weighted by molar-refractivity contribution is 6.06. The van der Waals surface area contributed by atoms with Crippen LogP contribution in [0.15, 0.2) is 53.5 Å². The average molecular weight is 346 g/mol. The number of para-hydroxylation sites is 1. The van der Waals surface area contributed by atoms with Crippen LogP contribution in [0.4, 0.5) is 5.69 Å². The number of pyridine rings is 1. The lowest BCUT2D eigenvalue weighted by atomic mass is 10.0. The summed E-state index contributed by atoms with van der Waals surface area (Å²) in [4.78, 5) is 25.6. The quantitative estimate of drug-likeness (QED) is 0.759. The predicted molar refractivity (Wildman–Crippen MR) is 105 cm³/mol. The lowest BCUT2D eigenvalue weighted by Gasteiger charge is -2.13. The fourth-order valence-corrected chi connectivity index (χ4v) is 3.73. The third kappa shape index (κ3) is 2.62. The van der Waals surface area contributed by atoms with Gasteiger partial charge in [0.05, 0.1) is 5.52 Å². The monoisotopic (exact) mass is 346 g/mol. The van der Waals surface area contributed by atoms with E-state index in [1.807, 2.05) is 36.4 Å². The molecule has 1 N–H and O–H groups in total. The van der Waals surface area contributed by atoms with E-state index in [4.69, 9.17) is 0 Å². The van der Waals surface area contributed by atoms with Gasteiger partial charge in [-0.05, 0) is 48.6 Å². The number of benzene rings is 2. The maximum Gasteiger partial charge on any atom is 0.261 e. The zero-order chi connectivity index (χ0) is 18.4. The molecular weight excluding hydrogens is 324 g/mol. The summed E-state index contributed by atoms with van der Waals surface area (Å²) in [7, 11) is 0. The number of nitrogens with one attached hydrogen (secondary N) is 1. The summed E-state index contributed by atoms with van der Waals surface area (Å²) in [6, 6.07) is 13.8. The van der Waals surface area contributed by atoms with Gasteiger partial charge < -0.3 is 9.88 Å². The molecule has 1 aliphatic rings. The van der Waals surface area contributed by atoms with Crippen LogP contribution in [0.1, 0.15) is 54.2 Å². The summed E-state index contributed by atoms with van der Waals surface area (Å²) in [6.07, 6.45) is 2.60. The van der Waals surface area contributed by atoms with Crippen molar-refractivity contribution in [2.75, 3.05) is 5.32 Å². The first-order valence-corrected chi connectivity index (χ1v) is 9.03. The highest BCUT2D eigenvalue weighted by Gasteiger charge is 2.24. The zero-order valence-electron chi connectivity index (χ0n) is 15.2. The molecule has 1 aliphatic heterocycles. The van der Waals surface area contributed by atoms with Crippen molar-refractivity contribution in [1.29, 1.82) is 0 Å². The van der Waals surface area contributed by atoms with Gasteiger partial charge in [0.15, 0.2) is 0 Å². The van der Waals surface area contributed by atoms with Gasteiger partial charge in [-0.2, -0.15) is 0 Å². The summed E-state index contributed by atoms with van der Waals surface area (Å²) in [5.74, 6) is 0.0761. The second-order valence-corrected chi connectivity index (χ2v) is 7.38. The normalized spacial score (nSPS) is 15.6. The second kappa shape index (κ2) is 6.13. The van der Waals surface area contributed by atoms with Gasteiger partial charge in [0.1, 0.15) is 5.56 Å². The van der Waals surface area contributed by atoms with E-state index in [2.05, 4.69) is 36.7 Å². The van der Waals surface area contributed by atoms with Gasteiger partial charge in [-0.15, -0.1) is 0 Å². The molecule has 4 rings (SSSR count). The van der Waals surface area contributed by atoms with Gasteiger partial charge in [0, 0.05) is 23.3 Å². The van der Waals surface area contributed by atoms with E-state index < -0.39 is 0 Å². The van der Waals surface area contributed by atoms with Crippen molar-refractivity contribution in [2.24, 2.45) is 0 Å². The number of nitrogens with zero attached hydrogens (tertiary/aromatic N) is 1. The van der Waals surface area contributed by atoms with E-state index >= 15 is 0 Å². The number of hydrogen-bond donors (Lipinski definition) is 1. The van der Waals surface area contributed by atoms with Crippen LogP contribution in [0.2, 0.25) is 0 Å². The fraction of sp³-hybridized carbons (Fsp3) is 0.273. The molecule has 0 bridgehead atoms. The standard InChI is InChI=1S/C22H22N2O2/c1-13(2)15-7-9-17(10-8-15)23-22(26)19-12-24-14(3)11-16-5-4-6-18(20(16)24)21(19)25/h4-10,12-14H,11H2,1-3H3,(H,23,26)/t14-/m0/s1. The molecule has 26 heavy (non-hydrogen) atoms. The Kier molecular flexibility index (Phi) is 3.91. The van der Waals surface area contributed by atoms with E-state index in [-0.39, 0.29) is 22.9 Å². The topological polar surface area (TPSA) is 51.1 Å². The molecule has 0 spiro atoms. The molecule has 3 aromatic rings. The van der Waals surface area contributed by atoms with Crippen molar-refractivity contribution < 1.29 is 4.79 Å². The third-order valence-corrected chi connectivity index (χ3v) is 5.21. The van der Waals surface area contributed by atoms with Gasteiger partial charge in [-0.1, -0.05) is 38.1 Å². The maximum atomic E-state index is 12.9. The minimum atomic E-state index is -0.359. The van der Waals surface area contributed by atoms with Gasteiger partial charge in [0.2, 0.25) is 5.43 Å². The minimum absolute atomic E-state index is 0.191. The molecule has 1 atom stereocenters. The Morgan fingerprint density at radius 1 is 1.15 bits per heavy atom. The van der Waals surface area contributed by atoms with Gasteiger partial charge in [-0.25, -0.2) is 0 Å². The molecule has 132 valence electrons. The molecular formula is C22H22N2O2. The Hall–Kier alpha value is -2.88. The van der Waals surface area contributed by atoms with Crippen molar-refractivity contribution >= 4 is 22.5 Å². The van der Waals surface area contributed by atoms with Gasteiger partial charge >= 0.3 is 0 Å². The second-order valence-electron chi connectivity index (χ2n) is 7.38. The van der Waals surface area contributed by atoms with Crippen LogP contribution in [0.25, 0.3) is 10.9 Å². The van der Waals surface area contributed by atoms with E-state index in [1.165, 1.54) is 11.1 Å². The van der Waals surface area contributed by atoms with Crippen LogP contribution < -0.4 is 10.7 Å². The van der Waals surface area contributed by atoms with Crippen LogP contribution in [-0.4, -0.2) is 10.5 Å². The Balaban J connectivity index is 1.72. The van der Waals surface area contributed by atoms with E-state index in [9.17, 15) is 9.59 Å². The number of amides is 1. The van der Waals surface area contributed by atoms with Crippen molar-refractivity contribution in [2.45, 2.75) is 39.2 Å². The lowest BCUT2D eigenvalue weighted by Crippen LogP contribution is -2.23. The molecule has 0 radical (unpaired) electrons. The first kappa shape index (κ1) is 16.6. The van der Waals surface area contributed by atoms with E-state index in [1.54, 1.807) is 6.20 Å². The average Bonchev–Trinajstić information content (AvgIpc) is 2.94. The molecule has 1 aromatic heterocycles. The number of carbonyl (C=O) groups excluding carboxylic acids is 1. The Labute approximate surface area is 152 Å². The van der Waals surface area contributed by atoms with Crippen LogP contribution in [0.3, 0.4) is 0 Å². The Bertz CT molecular complexity index is 1060. The molecule has 0 saturated heterocycles. The highest BCUT2D eigenvalue weighted by atomic mass is 16.2. The summed E-state index contributed by atoms with van der Waals surface area (Å²) in [5.41, 5.74) is 4.02. The molecule has 2 aromatic carbocycles. The fourth-order valence-electron chi connectivity index (χ4n) is 3.73. The first-order valence-electron chi connectivity index (χ1n) is 9.03. The molecule has 0 unspecified atom stereocenters. The van der Waals surface area contributed by atoms with Crippen LogP contribution in [0, 0.1) is 0 Å². The number of rotatable bonds is 3. The van der Waals surface area contributed by atoms with Gasteiger partial charge in [-0.3, -0.25) is 9.59 Å². The molecule has 4 heteroatoms. The molecule has 0 fully saturated rings. The van der Waals surface area contributed by atoms with Gasteiger partial charge in [0.25, 0.3) is 5.91 Å². The number of aromatic nitrogens is 1.